The van der Waals surface area contributed by atoms with Crippen molar-refractivity contribution in [1.82, 2.24) is 4.72 Å². The Kier molecular flexibility index (Phi) is 4.94. The van der Waals surface area contributed by atoms with Crippen molar-refractivity contribution in [2.75, 3.05) is 0 Å². The van der Waals surface area contributed by atoms with E-state index in [4.69, 9.17) is 16.7 Å². The van der Waals surface area contributed by atoms with E-state index in [0.717, 1.165) is 0 Å². The molecular formula is C11H16ClNO3S. The van der Waals surface area contributed by atoms with Gasteiger partial charge in [0.05, 0.1) is 11.5 Å². The van der Waals surface area contributed by atoms with Gasteiger partial charge in [0.25, 0.3) is 0 Å². The van der Waals surface area contributed by atoms with Crippen LogP contribution in [-0.2, 0) is 16.6 Å². The Balaban J connectivity index is 3.04. The molecule has 1 atom stereocenters. The highest BCUT2D eigenvalue weighted by molar-refractivity contribution is 7.89. The summed E-state index contributed by atoms with van der Waals surface area (Å²) in [6.07, 6.45) is 0.710. The second-order valence-corrected chi connectivity index (χ2v) is 5.96. The highest BCUT2D eigenvalue weighted by atomic mass is 35.5. The molecular weight excluding hydrogens is 262 g/mol. The maximum absolute atomic E-state index is 11.9. The average Bonchev–Trinajstić information content (AvgIpc) is 2.28. The number of sulfonamides is 1. The third-order valence-electron chi connectivity index (χ3n) is 2.47. The number of rotatable bonds is 5. The van der Waals surface area contributed by atoms with Gasteiger partial charge in [0, 0.05) is 11.1 Å². The van der Waals surface area contributed by atoms with Crippen LogP contribution in [0.15, 0.2) is 23.1 Å². The van der Waals surface area contributed by atoms with Crippen molar-refractivity contribution in [1.29, 1.82) is 0 Å². The Morgan fingerprint density at radius 1 is 1.47 bits per heavy atom. The maximum Gasteiger partial charge on any atom is 0.240 e. The van der Waals surface area contributed by atoms with Crippen molar-refractivity contribution in [2.45, 2.75) is 37.8 Å². The summed E-state index contributed by atoms with van der Waals surface area (Å²) < 4.78 is 26.4. The van der Waals surface area contributed by atoms with Crippen molar-refractivity contribution in [3.63, 3.8) is 0 Å². The molecule has 0 bridgehead atoms. The van der Waals surface area contributed by atoms with Crippen LogP contribution in [0.4, 0.5) is 0 Å². The average molecular weight is 278 g/mol. The zero-order valence-electron chi connectivity index (χ0n) is 9.77. The molecule has 17 heavy (non-hydrogen) atoms. The molecule has 1 unspecified atom stereocenters. The lowest BCUT2D eigenvalue weighted by atomic mass is 10.2. The molecule has 2 N–H and O–H groups in total. The van der Waals surface area contributed by atoms with Gasteiger partial charge >= 0.3 is 0 Å². The molecule has 0 fully saturated rings. The van der Waals surface area contributed by atoms with Crippen LogP contribution in [0.25, 0.3) is 0 Å². The molecule has 1 rings (SSSR count). The van der Waals surface area contributed by atoms with Crippen LogP contribution in [0, 0.1) is 0 Å². The molecule has 0 saturated heterocycles. The summed E-state index contributed by atoms with van der Waals surface area (Å²) in [6, 6.07) is 4.16. The van der Waals surface area contributed by atoms with Gasteiger partial charge in [0.1, 0.15) is 0 Å². The molecule has 0 amide bonds. The Bertz CT molecular complexity index is 487. The van der Waals surface area contributed by atoms with Gasteiger partial charge in [-0.15, -0.1) is 0 Å². The van der Waals surface area contributed by atoms with E-state index >= 15 is 0 Å². The van der Waals surface area contributed by atoms with E-state index in [1.54, 1.807) is 6.92 Å². The highest BCUT2D eigenvalue weighted by Crippen LogP contribution is 2.21. The van der Waals surface area contributed by atoms with Crippen molar-refractivity contribution >= 4 is 21.6 Å². The van der Waals surface area contributed by atoms with Gasteiger partial charge in [-0.05, 0) is 31.0 Å². The van der Waals surface area contributed by atoms with Crippen LogP contribution < -0.4 is 4.72 Å². The van der Waals surface area contributed by atoms with Crippen molar-refractivity contribution in [2.24, 2.45) is 0 Å². The minimum atomic E-state index is -3.54. The molecule has 0 aliphatic rings. The summed E-state index contributed by atoms with van der Waals surface area (Å²) in [5.41, 5.74) is 0.508. The molecule has 6 heteroatoms. The normalized spacial score (nSPS) is 13.6. The first kappa shape index (κ1) is 14.4. The molecule has 0 saturated carbocycles. The maximum atomic E-state index is 11.9. The number of hydrogen-bond acceptors (Lipinski definition) is 3. The predicted octanol–water partition coefficient (Wildman–Crippen LogP) is 1.91. The predicted molar refractivity (Wildman–Crippen MR) is 67.4 cm³/mol. The third-order valence-corrected chi connectivity index (χ3v) is 4.41. The molecule has 4 nitrogen and oxygen atoms in total. The molecule has 0 aliphatic carbocycles. The van der Waals surface area contributed by atoms with Crippen LogP contribution in [0.2, 0.25) is 5.02 Å². The van der Waals surface area contributed by atoms with E-state index in [2.05, 4.69) is 4.72 Å². The lowest BCUT2D eigenvalue weighted by Gasteiger charge is -2.12. The Hall–Kier alpha value is -0.620. The van der Waals surface area contributed by atoms with E-state index < -0.39 is 10.0 Å². The molecule has 1 aromatic carbocycles. The SMILES string of the molecule is CCC(C)NS(=O)(=O)c1ccc(CO)c(Cl)c1. The summed E-state index contributed by atoms with van der Waals surface area (Å²) >= 11 is 5.85. The molecule has 1 aromatic rings. The Labute approximate surface area is 107 Å². The molecule has 0 spiro atoms. The van der Waals surface area contributed by atoms with Crippen LogP contribution in [-0.4, -0.2) is 19.6 Å². The van der Waals surface area contributed by atoms with Crippen molar-refractivity contribution < 1.29 is 13.5 Å². The molecule has 0 aliphatic heterocycles. The largest absolute Gasteiger partial charge is 0.392 e. The monoisotopic (exact) mass is 277 g/mol. The van der Waals surface area contributed by atoms with Gasteiger partial charge in [-0.2, -0.15) is 0 Å². The number of aliphatic hydroxyl groups excluding tert-OH is 1. The lowest BCUT2D eigenvalue weighted by Crippen LogP contribution is -2.32. The standard InChI is InChI=1S/C11H16ClNO3S/c1-3-8(2)13-17(15,16)10-5-4-9(7-14)11(12)6-10/h4-6,8,13-14H,3,7H2,1-2H3. The van der Waals surface area contributed by atoms with Gasteiger partial charge in [-0.25, -0.2) is 13.1 Å². The number of aliphatic hydroxyl groups is 1. The quantitative estimate of drug-likeness (QED) is 0.864. The van der Waals surface area contributed by atoms with E-state index in [1.807, 2.05) is 6.92 Å². The minimum absolute atomic E-state index is 0.111. The zero-order valence-corrected chi connectivity index (χ0v) is 11.3. The third kappa shape index (κ3) is 3.67. The van der Waals surface area contributed by atoms with Gasteiger partial charge < -0.3 is 5.11 Å². The summed E-state index contributed by atoms with van der Waals surface area (Å²) in [5.74, 6) is 0. The number of halogens is 1. The fraction of sp³-hybridized carbons (Fsp3) is 0.455. The molecule has 0 heterocycles. The van der Waals surface area contributed by atoms with Gasteiger partial charge in [-0.3, -0.25) is 0 Å². The van der Waals surface area contributed by atoms with Gasteiger partial charge in [0.15, 0.2) is 0 Å². The summed E-state index contributed by atoms with van der Waals surface area (Å²) in [5, 5.41) is 9.20. The number of hydrogen-bond donors (Lipinski definition) is 2. The molecule has 0 aromatic heterocycles. The second-order valence-electron chi connectivity index (χ2n) is 3.84. The smallest absolute Gasteiger partial charge is 0.240 e. The minimum Gasteiger partial charge on any atom is -0.392 e. The van der Waals surface area contributed by atoms with Crippen LogP contribution in [0.5, 0.6) is 0 Å². The van der Waals surface area contributed by atoms with Crippen molar-refractivity contribution in [3.8, 4) is 0 Å². The molecule has 0 radical (unpaired) electrons. The number of nitrogens with one attached hydrogen (secondary N) is 1. The first-order valence-electron chi connectivity index (χ1n) is 5.32. The van der Waals surface area contributed by atoms with E-state index in [9.17, 15) is 8.42 Å². The Morgan fingerprint density at radius 3 is 2.59 bits per heavy atom. The van der Waals surface area contributed by atoms with Crippen LogP contribution in [0.3, 0.4) is 0 Å². The fourth-order valence-corrected chi connectivity index (χ4v) is 2.90. The van der Waals surface area contributed by atoms with Gasteiger partial charge in [-0.1, -0.05) is 24.6 Å². The molecule has 96 valence electrons. The summed E-state index contributed by atoms with van der Waals surface area (Å²) in [7, 11) is -3.54. The first-order valence-corrected chi connectivity index (χ1v) is 7.18. The lowest BCUT2D eigenvalue weighted by molar-refractivity contribution is 0.282. The van der Waals surface area contributed by atoms with Crippen LogP contribution in [0.1, 0.15) is 25.8 Å². The first-order chi connectivity index (χ1) is 7.90. The van der Waals surface area contributed by atoms with E-state index in [-0.39, 0.29) is 22.6 Å². The second kappa shape index (κ2) is 5.82. The fourth-order valence-electron chi connectivity index (χ4n) is 1.24. The van der Waals surface area contributed by atoms with E-state index in [0.29, 0.717) is 12.0 Å². The Morgan fingerprint density at radius 2 is 2.12 bits per heavy atom. The van der Waals surface area contributed by atoms with Crippen LogP contribution >= 0.6 is 11.6 Å². The topological polar surface area (TPSA) is 66.4 Å². The summed E-state index contributed by atoms with van der Waals surface area (Å²) in [4.78, 5) is 0.111. The van der Waals surface area contributed by atoms with Gasteiger partial charge in [0.2, 0.25) is 10.0 Å². The highest BCUT2D eigenvalue weighted by Gasteiger charge is 2.17. The summed E-state index contributed by atoms with van der Waals surface area (Å²) in [6.45, 7) is 3.48. The van der Waals surface area contributed by atoms with Crippen molar-refractivity contribution in [3.05, 3.63) is 28.8 Å². The number of benzene rings is 1. The van der Waals surface area contributed by atoms with E-state index in [1.165, 1.54) is 18.2 Å². The zero-order chi connectivity index (χ0) is 13.1.